The van der Waals surface area contributed by atoms with Crippen LogP contribution in [0.4, 0.5) is 18.0 Å². The first-order valence-corrected chi connectivity index (χ1v) is 8.35. The standard InChI is InChI=1S/C13H21F3N2O2S/c14-13(15,16)9-2-1-3-10(6-9)18-11(19)17-7-12(20)4-5-21-8-12/h9-10,20H,1-8H2,(H2,17,18,19). The molecule has 122 valence electrons. The Hall–Kier alpha value is -0.630. The number of urea groups is 1. The summed E-state index contributed by atoms with van der Waals surface area (Å²) in [6.45, 7) is 0.140. The number of halogens is 3. The molecule has 1 saturated heterocycles. The Labute approximate surface area is 126 Å². The summed E-state index contributed by atoms with van der Waals surface area (Å²) >= 11 is 1.62. The minimum Gasteiger partial charge on any atom is -0.387 e. The van der Waals surface area contributed by atoms with Gasteiger partial charge in [-0.05, 0) is 31.4 Å². The Balaban J connectivity index is 1.74. The number of rotatable bonds is 3. The lowest BCUT2D eigenvalue weighted by atomic mass is 9.85. The van der Waals surface area contributed by atoms with Gasteiger partial charge in [0.1, 0.15) is 0 Å². The van der Waals surface area contributed by atoms with Crippen molar-refractivity contribution in [1.82, 2.24) is 10.6 Å². The van der Waals surface area contributed by atoms with Gasteiger partial charge in [0.05, 0.1) is 11.5 Å². The normalized spacial score (nSPS) is 33.7. The molecule has 1 saturated carbocycles. The highest BCUT2D eigenvalue weighted by atomic mass is 32.2. The van der Waals surface area contributed by atoms with Gasteiger partial charge in [-0.15, -0.1) is 0 Å². The zero-order chi connectivity index (χ0) is 15.5. The van der Waals surface area contributed by atoms with Gasteiger partial charge in [0, 0.05) is 18.3 Å². The Morgan fingerprint density at radius 2 is 2.14 bits per heavy atom. The lowest BCUT2D eigenvalue weighted by molar-refractivity contribution is -0.183. The molecule has 0 aromatic heterocycles. The van der Waals surface area contributed by atoms with Gasteiger partial charge in [-0.3, -0.25) is 0 Å². The van der Waals surface area contributed by atoms with E-state index in [0.29, 0.717) is 25.0 Å². The monoisotopic (exact) mass is 326 g/mol. The van der Waals surface area contributed by atoms with Crippen molar-refractivity contribution in [2.75, 3.05) is 18.1 Å². The number of hydrogen-bond acceptors (Lipinski definition) is 3. The SMILES string of the molecule is O=C(NCC1(O)CCSC1)NC1CCCC(C(F)(F)F)C1. The molecule has 3 atom stereocenters. The van der Waals surface area contributed by atoms with Gasteiger partial charge in [0.2, 0.25) is 0 Å². The maximum Gasteiger partial charge on any atom is 0.391 e. The summed E-state index contributed by atoms with van der Waals surface area (Å²) in [7, 11) is 0. The second-order valence-corrected chi connectivity index (χ2v) is 7.06. The summed E-state index contributed by atoms with van der Waals surface area (Å²) in [6.07, 6.45) is -2.45. The predicted molar refractivity (Wildman–Crippen MR) is 75.2 cm³/mol. The minimum absolute atomic E-state index is 0.0585. The van der Waals surface area contributed by atoms with Crippen molar-refractivity contribution in [3.63, 3.8) is 0 Å². The molecule has 2 aliphatic rings. The largest absolute Gasteiger partial charge is 0.391 e. The number of alkyl halides is 3. The third kappa shape index (κ3) is 4.95. The van der Waals surface area contributed by atoms with E-state index in [2.05, 4.69) is 10.6 Å². The number of nitrogens with one attached hydrogen (secondary N) is 2. The molecule has 3 unspecified atom stereocenters. The molecule has 1 heterocycles. The smallest absolute Gasteiger partial charge is 0.387 e. The van der Waals surface area contributed by atoms with Crippen LogP contribution < -0.4 is 10.6 Å². The maximum atomic E-state index is 12.7. The Morgan fingerprint density at radius 1 is 1.38 bits per heavy atom. The molecule has 2 rings (SSSR count). The van der Waals surface area contributed by atoms with Crippen molar-refractivity contribution in [3.05, 3.63) is 0 Å². The molecule has 0 aromatic rings. The lowest BCUT2D eigenvalue weighted by Gasteiger charge is -2.31. The number of amides is 2. The van der Waals surface area contributed by atoms with Gasteiger partial charge < -0.3 is 15.7 Å². The molecule has 8 heteroatoms. The zero-order valence-electron chi connectivity index (χ0n) is 11.7. The van der Waals surface area contributed by atoms with E-state index < -0.39 is 29.8 Å². The number of aliphatic hydroxyl groups is 1. The van der Waals surface area contributed by atoms with Crippen LogP contribution >= 0.6 is 11.8 Å². The second-order valence-electron chi connectivity index (χ2n) is 5.96. The van der Waals surface area contributed by atoms with E-state index in [1.807, 2.05) is 0 Å². The first-order chi connectivity index (χ1) is 9.78. The van der Waals surface area contributed by atoms with Crippen LogP contribution in [-0.2, 0) is 0 Å². The van der Waals surface area contributed by atoms with Crippen LogP contribution in [0.2, 0.25) is 0 Å². The van der Waals surface area contributed by atoms with Gasteiger partial charge in [0.15, 0.2) is 0 Å². The van der Waals surface area contributed by atoms with Crippen LogP contribution in [0.15, 0.2) is 0 Å². The molecular weight excluding hydrogens is 305 g/mol. The predicted octanol–water partition coefficient (Wildman–Crippen LogP) is 2.27. The van der Waals surface area contributed by atoms with Crippen LogP contribution in [0, 0.1) is 5.92 Å². The van der Waals surface area contributed by atoms with E-state index in [0.717, 1.165) is 5.75 Å². The van der Waals surface area contributed by atoms with E-state index in [1.165, 1.54) is 0 Å². The Bertz CT molecular complexity index is 373. The van der Waals surface area contributed by atoms with Crippen LogP contribution in [0.25, 0.3) is 0 Å². The molecule has 21 heavy (non-hydrogen) atoms. The second kappa shape index (κ2) is 6.64. The quantitative estimate of drug-likeness (QED) is 0.746. The molecule has 0 bridgehead atoms. The summed E-state index contributed by atoms with van der Waals surface area (Å²) in [4.78, 5) is 11.7. The van der Waals surface area contributed by atoms with Gasteiger partial charge in [0.25, 0.3) is 0 Å². The summed E-state index contributed by atoms with van der Waals surface area (Å²) in [6, 6.07) is -0.939. The van der Waals surface area contributed by atoms with E-state index >= 15 is 0 Å². The molecule has 2 fully saturated rings. The Kier molecular flexibility index (Phi) is 5.29. The molecule has 0 radical (unpaired) electrons. The highest BCUT2D eigenvalue weighted by molar-refractivity contribution is 7.99. The van der Waals surface area contributed by atoms with E-state index in [-0.39, 0.29) is 19.4 Å². The highest BCUT2D eigenvalue weighted by Gasteiger charge is 2.42. The number of thioether (sulfide) groups is 1. The van der Waals surface area contributed by atoms with Crippen molar-refractivity contribution in [2.45, 2.75) is 49.9 Å². The third-order valence-corrected chi connectivity index (χ3v) is 5.37. The Morgan fingerprint density at radius 3 is 2.76 bits per heavy atom. The van der Waals surface area contributed by atoms with Crippen molar-refractivity contribution in [3.8, 4) is 0 Å². The first-order valence-electron chi connectivity index (χ1n) is 7.20. The van der Waals surface area contributed by atoms with Gasteiger partial charge in [-0.25, -0.2) is 4.79 Å². The number of hydrogen-bond donors (Lipinski definition) is 3. The van der Waals surface area contributed by atoms with Crippen molar-refractivity contribution in [2.24, 2.45) is 5.92 Å². The minimum atomic E-state index is -4.19. The first kappa shape index (κ1) is 16.7. The van der Waals surface area contributed by atoms with Crippen molar-refractivity contribution < 1.29 is 23.1 Å². The van der Waals surface area contributed by atoms with E-state index in [4.69, 9.17) is 0 Å². The van der Waals surface area contributed by atoms with Crippen LogP contribution in [-0.4, -0.2) is 47.0 Å². The molecule has 1 aliphatic heterocycles. The van der Waals surface area contributed by atoms with Gasteiger partial charge in [-0.2, -0.15) is 24.9 Å². The van der Waals surface area contributed by atoms with Crippen LogP contribution in [0.5, 0.6) is 0 Å². The van der Waals surface area contributed by atoms with Crippen molar-refractivity contribution >= 4 is 17.8 Å². The summed E-state index contributed by atoms with van der Waals surface area (Å²) < 4.78 is 38.1. The molecule has 0 spiro atoms. The number of carbonyl (C=O) groups is 1. The third-order valence-electron chi connectivity index (χ3n) is 4.13. The number of carbonyl (C=O) groups excluding carboxylic acids is 1. The average molecular weight is 326 g/mol. The lowest BCUT2D eigenvalue weighted by Crippen LogP contribution is -2.50. The van der Waals surface area contributed by atoms with Gasteiger partial charge in [-0.1, -0.05) is 6.42 Å². The average Bonchev–Trinajstić information content (AvgIpc) is 2.83. The molecule has 3 N–H and O–H groups in total. The molecular formula is C13H21F3N2O2S. The maximum absolute atomic E-state index is 12.7. The molecule has 4 nitrogen and oxygen atoms in total. The van der Waals surface area contributed by atoms with Crippen molar-refractivity contribution in [1.29, 1.82) is 0 Å². The topological polar surface area (TPSA) is 61.4 Å². The fourth-order valence-electron chi connectivity index (χ4n) is 2.84. The molecule has 0 aromatic carbocycles. The van der Waals surface area contributed by atoms with Gasteiger partial charge >= 0.3 is 12.2 Å². The van der Waals surface area contributed by atoms with Crippen LogP contribution in [0.1, 0.15) is 32.1 Å². The highest BCUT2D eigenvalue weighted by Crippen LogP contribution is 2.37. The summed E-state index contributed by atoms with van der Waals surface area (Å²) in [5, 5.41) is 15.2. The molecule has 1 aliphatic carbocycles. The summed E-state index contributed by atoms with van der Waals surface area (Å²) in [5.74, 6) is 0.106. The zero-order valence-corrected chi connectivity index (χ0v) is 12.5. The fraction of sp³-hybridized carbons (Fsp3) is 0.923. The van der Waals surface area contributed by atoms with E-state index in [1.54, 1.807) is 11.8 Å². The summed E-state index contributed by atoms with van der Waals surface area (Å²) in [5.41, 5.74) is -0.886. The van der Waals surface area contributed by atoms with Crippen LogP contribution in [0.3, 0.4) is 0 Å². The molecule has 2 amide bonds. The van der Waals surface area contributed by atoms with E-state index in [9.17, 15) is 23.1 Å². The fourth-order valence-corrected chi connectivity index (χ4v) is 4.13.